The molecular formula is C10H14N2O2S. The molecule has 1 aromatic heterocycles. The minimum Gasteiger partial charge on any atom is -0.481 e. The molecule has 0 aromatic carbocycles. The molecule has 1 aromatic rings. The maximum absolute atomic E-state index is 10.5. The van der Waals surface area contributed by atoms with Crippen molar-refractivity contribution in [3.8, 4) is 0 Å². The number of hydrogen-bond donors (Lipinski definition) is 2. The van der Waals surface area contributed by atoms with E-state index >= 15 is 0 Å². The van der Waals surface area contributed by atoms with E-state index in [9.17, 15) is 4.79 Å². The van der Waals surface area contributed by atoms with Gasteiger partial charge in [0.1, 0.15) is 5.01 Å². The van der Waals surface area contributed by atoms with Gasteiger partial charge in [-0.05, 0) is 12.8 Å². The van der Waals surface area contributed by atoms with Crippen LogP contribution in [-0.4, -0.2) is 16.1 Å². The molecule has 0 aliphatic heterocycles. The number of nitrogens with two attached hydrogens (primary N) is 1. The number of rotatable bonds is 3. The molecule has 1 heterocycles. The first kappa shape index (κ1) is 10.6. The summed E-state index contributed by atoms with van der Waals surface area (Å²) in [5, 5.41) is 11.3. The first-order valence-corrected chi connectivity index (χ1v) is 5.94. The summed E-state index contributed by atoms with van der Waals surface area (Å²) in [6, 6.07) is 0. The van der Waals surface area contributed by atoms with Crippen LogP contribution in [0.2, 0.25) is 0 Å². The van der Waals surface area contributed by atoms with E-state index < -0.39 is 5.97 Å². The zero-order chi connectivity index (χ0) is 10.9. The van der Waals surface area contributed by atoms with Gasteiger partial charge < -0.3 is 10.8 Å². The highest BCUT2D eigenvalue weighted by Crippen LogP contribution is 2.37. The lowest BCUT2D eigenvalue weighted by Gasteiger charge is -2.19. The fraction of sp³-hybridized carbons (Fsp3) is 0.600. The molecule has 0 amide bonds. The van der Waals surface area contributed by atoms with E-state index in [-0.39, 0.29) is 12.0 Å². The second-order valence-electron chi connectivity index (χ2n) is 4.08. The Balaban J connectivity index is 2.15. The van der Waals surface area contributed by atoms with Crippen molar-refractivity contribution in [2.45, 2.75) is 37.6 Å². The Bertz CT molecular complexity index is 369. The summed E-state index contributed by atoms with van der Waals surface area (Å²) in [5.74, 6) is -0.843. The van der Waals surface area contributed by atoms with Crippen molar-refractivity contribution in [1.29, 1.82) is 0 Å². The molecule has 82 valence electrons. The highest BCUT2D eigenvalue weighted by molar-refractivity contribution is 7.09. The van der Waals surface area contributed by atoms with Crippen molar-refractivity contribution in [2.75, 3.05) is 0 Å². The fourth-order valence-electron chi connectivity index (χ4n) is 1.99. The number of hydrogen-bond acceptors (Lipinski definition) is 4. The van der Waals surface area contributed by atoms with Gasteiger partial charge in [-0.15, -0.1) is 11.3 Å². The number of carboxylic acid groups (broad SMARTS) is 1. The first-order valence-electron chi connectivity index (χ1n) is 5.06. The van der Waals surface area contributed by atoms with E-state index in [4.69, 9.17) is 10.8 Å². The predicted octanol–water partition coefficient (Wildman–Crippen LogP) is 1.50. The molecular weight excluding hydrogens is 212 g/mol. The van der Waals surface area contributed by atoms with Crippen LogP contribution in [0.15, 0.2) is 5.38 Å². The van der Waals surface area contributed by atoms with Crippen molar-refractivity contribution in [3.05, 3.63) is 16.1 Å². The van der Waals surface area contributed by atoms with Gasteiger partial charge in [0.25, 0.3) is 0 Å². The predicted molar refractivity (Wildman–Crippen MR) is 57.8 cm³/mol. The SMILES string of the molecule is NC1(c2nc(CC(=O)O)cs2)CCCC1. The number of carboxylic acids is 1. The molecule has 0 spiro atoms. The van der Waals surface area contributed by atoms with Crippen LogP contribution in [0.3, 0.4) is 0 Å². The van der Waals surface area contributed by atoms with Crippen LogP contribution in [0.1, 0.15) is 36.4 Å². The van der Waals surface area contributed by atoms with Crippen LogP contribution in [0.5, 0.6) is 0 Å². The second kappa shape index (κ2) is 3.90. The van der Waals surface area contributed by atoms with E-state index in [0.29, 0.717) is 5.69 Å². The highest BCUT2D eigenvalue weighted by Gasteiger charge is 2.34. The van der Waals surface area contributed by atoms with Crippen LogP contribution in [0.25, 0.3) is 0 Å². The lowest BCUT2D eigenvalue weighted by molar-refractivity contribution is -0.136. The van der Waals surface area contributed by atoms with Crippen LogP contribution in [-0.2, 0) is 16.8 Å². The van der Waals surface area contributed by atoms with Crippen molar-refractivity contribution >= 4 is 17.3 Å². The second-order valence-corrected chi connectivity index (χ2v) is 4.94. The van der Waals surface area contributed by atoms with Gasteiger partial charge >= 0.3 is 5.97 Å². The van der Waals surface area contributed by atoms with Gasteiger partial charge in [0.15, 0.2) is 0 Å². The Labute approximate surface area is 92.1 Å². The molecule has 1 saturated carbocycles. The molecule has 15 heavy (non-hydrogen) atoms. The van der Waals surface area contributed by atoms with Crippen LogP contribution in [0.4, 0.5) is 0 Å². The molecule has 1 fully saturated rings. The molecule has 0 saturated heterocycles. The van der Waals surface area contributed by atoms with Crippen molar-refractivity contribution in [2.24, 2.45) is 5.73 Å². The molecule has 0 bridgehead atoms. The Morgan fingerprint density at radius 3 is 2.87 bits per heavy atom. The van der Waals surface area contributed by atoms with E-state index in [2.05, 4.69) is 4.98 Å². The largest absolute Gasteiger partial charge is 0.481 e. The summed E-state index contributed by atoms with van der Waals surface area (Å²) in [6.45, 7) is 0. The third-order valence-corrected chi connectivity index (χ3v) is 3.92. The number of carbonyl (C=O) groups is 1. The molecule has 2 rings (SSSR count). The number of aliphatic carboxylic acids is 1. The third kappa shape index (κ3) is 2.18. The molecule has 0 atom stereocenters. The normalized spacial score (nSPS) is 19.3. The third-order valence-electron chi connectivity index (χ3n) is 2.81. The van der Waals surface area contributed by atoms with Crippen molar-refractivity contribution in [3.63, 3.8) is 0 Å². The molecule has 0 unspecified atom stereocenters. The van der Waals surface area contributed by atoms with Crippen LogP contribution >= 0.6 is 11.3 Å². The number of thiazole rings is 1. The standard InChI is InChI=1S/C10H14N2O2S/c11-10(3-1-2-4-10)9-12-7(6-15-9)5-8(13)14/h6H,1-5,11H2,(H,13,14). The van der Waals surface area contributed by atoms with Crippen LogP contribution < -0.4 is 5.73 Å². The highest BCUT2D eigenvalue weighted by atomic mass is 32.1. The maximum Gasteiger partial charge on any atom is 0.309 e. The maximum atomic E-state index is 10.5. The van der Waals surface area contributed by atoms with E-state index in [0.717, 1.165) is 30.7 Å². The minimum absolute atomic E-state index is 0.00736. The number of nitrogens with zero attached hydrogens (tertiary/aromatic N) is 1. The molecule has 1 aliphatic rings. The first-order chi connectivity index (χ1) is 7.10. The average molecular weight is 226 g/mol. The Hall–Kier alpha value is -0.940. The minimum atomic E-state index is -0.843. The van der Waals surface area contributed by atoms with Crippen molar-refractivity contribution < 1.29 is 9.90 Å². The Morgan fingerprint density at radius 2 is 2.27 bits per heavy atom. The summed E-state index contributed by atoms with van der Waals surface area (Å²) in [4.78, 5) is 14.8. The molecule has 4 nitrogen and oxygen atoms in total. The van der Waals surface area contributed by atoms with Crippen LogP contribution in [0, 0.1) is 0 Å². The summed E-state index contributed by atoms with van der Waals surface area (Å²) >= 11 is 1.49. The van der Waals surface area contributed by atoms with Gasteiger partial charge in [-0.3, -0.25) is 4.79 Å². The van der Waals surface area contributed by atoms with Gasteiger partial charge in [-0.2, -0.15) is 0 Å². The Morgan fingerprint density at radius 1 is 1.60 bits per heavy atom. The van der Waals surface area contributed by atoms with Gasteiger partial charge in [0, 0.05) is 5.38 Å². The molecule has 0 radical (unpaired) electrons. The molecule has 3 N–H and O–H groups in total. The van der Waals surface area contributed by atoms with Gasteiger partial charge in [0.2, 0.25) is 0 Å². The smallest absolute Gasteiger partial charge is 0.309 e. The van der Waals surface area contributed by atoms with Gasteiger partial charge in [-0.25, -0.2) is 4.98 Å². The van der Waals surface area contributed by atoms with Gasteiger partial charge in [-0.1, -0.05) is 12.8 Å². The quantitative estimate of drug-likeness (QED) is 0.818. The average Bonchev–Trinajstić information content (AvgIpc) is 2.74. The van der Waals surface area contributed by atoms with Gasteiger partial charge in [0.05, 0.1) is 17.7 Å². The lowest BCUT2D eigenvalue weighted by Crippen LogP contribution is -2.32. The molecule has 5 heteroatoms. The summed E-state index contributed by atoms with van der Waals surface area (Å²) in [6.07, 6.45) is 4.21. The zero-order valence-electron chi connectivity index (χ0n) is 8.40. The molecule has 1 aliphatic carbocycles. The summed E-state index contributed by atoms with van der Waals surface area (Å²) in [7, 11) is 0. The fourth-order valence-corrected chi connectivity index (χ4v) is 2.98. The Kier molecular flexibility index (Phi) is 2.75. The monoisotopic (exact) mass is 226 g/mol. The topological polar surface area (TPSA) is 76.2 Å². The summed E-state index contributed by atoms with van der Waals surface area (Å²) < 4.78 is 0. The van der Waals surface area contributed by atoms with E-state index in [1.165, 1.54) is 11.3 Å². The lowest BCUT2D eigenvalue weighted by atomic mass is 10.0. The zero-order valence-corrected chi connectivity index (χ0v) is 9.22. The summed E-state index contributed by atoms with van der Waals surface area (Å²) in [5.41, 5.74) is 6.56. The van der Waals surface area contributed by atoms with Crippen molar-refractivity contribution in [1.82, 2.24) is 4.98 Å². The van der Waals surface area contributed by atoms with E-state index in [1.54, 1.807) is 5.38 Å². The number of aromatic nitrogens is 1. The van der Waals surface area contributed by atoms with E-state index in [1.807, 2.05) is 0 Å².